The largest absolute Gasteiger partial charge is 0.573 e. The van der Waals surface area contributed by atoms with E-state index in [0.29, 0.717) is 56.0 Å². The van der Waals surface area contributed by atoms with Gasteiger partial charge in [0.25, 0.3) is 0 Å². The van der Waals surface area contributed by atoms with Crippen molar-refractivity contribution in [2.75, 3.05) is 36.4 Å². The molecule has 2 saturated heterocycles. The molecule has 210 valence electrons. The number of nitrogens with zero attached hydrogens (tertiary/aromatic N) is 4. The molecule has 2 amide bonds. The number of halogens is 3. The van der Waals surface area contributed by atoms with E-state index < -0.39 is 6.36 Å². The zero-order valence-electron chi connectivity index (χ0n) is 21.5. The lowest BCUT2D eigenvalue weighted by Crippen LogP contribution is -2.52. The summed E-state index contributed by atoms with van der Waals surface area (Å²) in [6, 6.07) is 14.4. The van der Waals surface area contributed by atoms with Gasteiger partial charge in [0.1, 0.15) is 17.6 Å². The second-order valence-corrected chi connectivity index (χ2v) is 9.78. The van der Waals surface area contributed by atoms with E-state index >= 15 is 0 Å². The van der Waals surface area contributed by atoms with Gasteiger partial charge in [0, 0.05) is 44.7 Å². The number of ether oxygens (including phenoxy) is 2. The summed E-state index contributed by atoms with van der Waals surface area (Å²) >= 11 is 0. The molecular formula is C28H28F3N5O4. The highest BCUT2D eigenvalue weighted by atomic mass is 19.4. The van der Waals surface area contributed by atoms with Crippen LogP contribution in [0.15, 0.2) is 67.0 Å². The lowest BCUT2D eigenvalue weighted by Gasteiger charge is -2.39. The van der Waals surface area contributed by atoms with Gasteiger partial charge >= 0.3 is 6.36 Å². The van der Waals surface area contributed by atoms with Crippen LogP contribution in [0.1, 0.15) is 18.4 Å². The molecule has 0 saturated carbocycles. The zero-order chi connectivity index (χ0) is 28.1. The van der Waals surface area contributed by atoms with Crippen LogP contribution in [0.3, 0.4) is 0 Å². The summed E-state index contributed by atoms with van der Waals surface area (Å²) in [4.78, 5) is 29.0. The Morgan fingerprint density at radius 3 is 2.23 bits per heavy atom. The molecule has 3 heterocycles. The first-order chi connectivity index (χ1) is 19.2. The molecule has 1 aromatic heterocycles. The summed E-state index contributed by atoms with van der Waals surface area (Å²) in [5.41, 5.74) is 2.26. The third-order valence-corrected chi connectivity index (χ3v) is 6.92. The van der Waals surface area contributed by atoms with Crippen LogP contribution in [0.5, 0.6) is 11.5 Å². The van der Waals surface area contributed by atoms with Gasteiger partial charge in [0.05, 0.1) is 30.4 Å². The number of alkyl halides is 3. The van der Waals surface area contributed by atoms with Crippen LogP contribution >= 0.6 is 0 Å². The van der Waals surface area contributed by atoms with Gasteiger partial charge in [-0.2, -0.15) is 10.2 Å². The van der Waals surface area contributed by atoms with Gasteiger partial charge < -0.3 is 24.6 Å². The fourth-order valence-corrected chi connectivity index (χ4v) is 4.70. The van der Waals surface area contributed by atoms with E-state index in [-0.39, 0.29) is 36.0 Å². The smallest absolute Gasteiger partial charge is 0.490 e. The minimum Gasteiger partial charge on any atom is -0.490 e. The van der Waals surface area contributed by atoms with Gasteiger partial charge in [-0.05, 0) is 48.0 Å². The number of carbonyl (C=O) groups is 2. The molecular weight excluding hydrogens is 527 g/mol. The van der Waals surface area contributed by atoms with Gasteiger partial charge in [0.2, 0.25) is 11.8 Å². The molecule has 0 unspecified atom stereocenters. The highest BCUT2D eigenvalue weighted by Crippen LogP contribution is 2.26. The molecule has 2 aliphatic heterocycles. The minimum atomic E-state index is -4.75. The number of hydrogen-bond acceptors (Lipinski definition) is 7. The lowest BCUT2D eigenvalue weighted by atomic mass is 9.98. The van der Waals surface area contributed by atoms with E-state index in [4.69, 9.17) is 4.74 Å². The first-order valence-electron chi connectivity index (χ1n) is 12.9. The second kappa shape index (κ2) is 11.8. The molecule has 0 spiro atoms. The normalized spacial score (nSPS) is 16.3. The second-order valence-electron chi connectivity index (χ2n) is 9.78. The number of piperidine rings is 1. The van der Waals surface area contributed by atoms with E-state index in [2.05, 4.69) is 25.2 Å². The average molecular weight is 556 g/mol. The molecule has 2 aliphatic rings. The van der Waals surface area contributed by atoms with Crippen molar-refractivity contribution in [2.45, 2.75) is 31.7 Å². The molecule has 0 aliphatic carbocycles. The first-order valence-corrected chi connectivity index (χ1v) is 12.9. The van der Waals surface area contributed by atoms with Gasteiger partial charge in [0.15, 0.2) is 0 Å². The molecule has 0 atom stereocenters. The quantitative estimate of drug-likeness (QED) is 0.448. The van der Waals surface area contributed by atoms with E-state index in [9.17, 15) is 22.8 Å². The van der Waals surface area contributed by atoms with E-state index in [1.165, 1.54) is 24.3 Å². The average Bonchev–Trinajstić information content (AvgIpc) is 2.90. The van der Waals surface area contributed by atoms with Crippen molar-refractivity contribution in [3.63, 3.8) is 0 Å². The zero-order valence-corrected chi connectivity index (χ0v) is 21.5. The Morgan fingerprint density at radius 2 is 1.60 bits per heavy atom. The van der Waals surface area contributed by atoms with Gasteiger partial charge in [-0.1, -0.05) is 12.1 Å². The summed E-state index contributed by atoms with van der Waals surface area (Å²) in [7, 11) is 0. The standard InChI is InChI=1S/C28H28F3N5O4/c29-28(30,31)40-25-5-1-19(2-6-25)15-26(37)35-13-10-24(11-14-35)39-23-7-3-21(4-8-23)34-27(38)20-17-36(18-20)22-9-12-32-33-16-22/h1-9,12,16,20,24H,10-11,13-15,17-18H2,(H,34,38). The van der Waals surface area contributed by atoms with E-state index in [1.807, 2.05) is 18.2 Å². The molecule has 0 radical (unpaired) electrons. The number of rotatable bonds is 8. The summed E-state index contributed by atoms with van der Waals surface area (Å²) < 4.78 is 46.9. The Labute approximate surface area is 228 Å². The van der Waals surface area contributed by atoms with Gasteiger partial charge in [-0.25, -0.2) is 0 Å². The predicted octanol–water partition coefficient (Wildman–Crippen LogP) is 4.06. The maximum absolute atomic E-state index is 12.7. The van der Waals surface area contributed by atoms with Crippen molar-refractivity contribution in [3.05, 3.63) is 72.6 Å². The molecule has 0 bridgehead atoms. The van der Waals surface area contributed by atoms with Gasteiger partial charge in [-0.3, -0.25) is 9.59 Å². The Morgan fingerprint density at radius 1 is 0.925 bits per heavy atom. The van der Waals surface area contributed by atoms with Crippen LogP contribution < -0.4 is 19.7 Å². The third kappa shape index (κ3) is 7.19. The summed E-state index contributed by atoms with van der Waals surface area (Å²) in [5.74, 6) is 0.148. The highest BCUT2D eigenvalue weighted by Gasteiger charge is 2.33. The lowest BCUT2D eigenvalue weighted by molar-refractivity contribution is -0.274. The van der Waals surface area contributed by atoms with Crippen LogP contribution in [0.2, 0.25) is 0 Å². The molecule has 2 aromatic carbocycles. The van der Waals surface area contributed by atoms with Crippen molar-refractivity contribution in [1.82, 2.24) is 15.1 Å². The molecule has 9 nitrogen and oxygen atoms in total. The van der Waals surface area contributed by atoms with E-state index in [1.54, 1.807) is 29.4 Å². The Bertz CT molecular complexity index is 1290. The fourth-order valence-electron chi connectivity index (χ4n) is 4.70. The number of carbonyl (C=O) groups excluding carboxylic acids is 2. The summed E-state index contributed by atoms with van der Waals surface area (Å²) in [6.07, 6.45) is -0.0714. The van der Waals surface area contributed by atoms with Crippen LogP contribution in [0.25, 0.3) is 0 Å². The number of likely N-dealkylation sites (tertiary alicyclic amines) is 1. The third-order valence-electron chi connectivity index (χ3n) is 6.92. The Kier molecular flexibility index (Phi) is 8.04. The maximum Gasteiger partial charge on any atom is 0.573 e. The number of nitrogens with one attached hydrogen (secondary N) is 1. The maximum atomic E-state index is 12.7. The molecule has 2 fully saturated rings. The SMILES string of the molecule is O=C(Nc1ccc(OC2CCN(C(=O)Cc3ccc(OC(F)(F)F)cc3)CC2)cc1)C1CN(c2ccnnc2)C1. The molecule has 5 rings (SSSR count). The minimum absolute atomic E-state index is 0.0328. The van der Waals surface area contributed by atoms with Crippen molar-refractivity contribution < 1.29 is 32.2 Å². The van der Waals surface area contributed by atoms with Crippen molar-refractivity contribution in [2.24, 2.45) is 5.92 Å². The molecule has 40 heavy (non-hydrogen) atoms. The number of anilines is 2. The van der Waals surface area contributed by atoms with Crippen molar-refractivity contribution in [1.29, 1.82) is 0 Å². The number of amides is 2. The van der Waals surface area contributed by atoms with Crippen molar-refractivity contribution >= 4 is 23.2 Å². The molecule has 3 aromatic rings. The Hall–Kier alpha value is -4.35. The molecule has 1 N–H and O–H groups in total. The number of aromatic nitrogens is 2. The monoisotopic (exact) mass is 555 g/mol. The highest BCUT2D eigenvalue weighted by molar-refractivity contribution is 5.94. The predicted molar refractivity (Wildman–Crippen MR) is 140 cm³/mol. The van der Waals surface area contributed by atoms with Crippen molar-refractivity contribution in [3.8, 4) is 11.5 Å². The van der Waals surface area contributed by atoms with Crippen LogP contribution in [0, 0.1) is 5.92 Å². The van der Waals surface area contributed by atoms with Gasteiger partial charge in [-0.15, -0.1) is 13.2 Å². The van der Waals surface area contributed by atoms with Crippen LogP contribution in [0.4, 0.5) is 24.5 Å². The van der Waals surface area contributed by atoms with Crippen LogP contribution in [-0.4, -0.2) is 65.6 Å². The fraction of sp³-hybridized carbons (Fsp3) is 0.357. The van der Waals surface area contributed by atoms with Crippen LogP contribution in [-0.2, 0) is 16.0 Å². The summed E-state index contributed by atoms with van der Waals surface area (Å²) in [6.45, 7) is 2.31. The number of hydrogen-bond donors (Lipinski definition) is 1. The topological polar surface area (TPSA) is 96.9 Å². The number of benzene rings is 2. The summed E-state index contributed by atoms with van der Waals surface area (Å²) in [5, 5.41) is 10.6. The Balaban J connectivity index is 1.02. The molecule has 12 heteroatoms. The van der Waals surface area contributed by atoms with E-state index in [0.717, 1.165) is 5.69 Å². The first kappa shape index (κ1) is 27.2.